The number of fused-ring (bicyclic) bond motifs is 2. The molecule has 3 rings (SSSR count). The first-order chi connectivity index (χ1) is 12.4. The Morgan fingerprint density at radius 2 is 1.73 bits per heavy atom. The number of nitrogens with two attached hydrogens (primary N) is 1. The zero-order valence-corrected chi connectivity index (χ0v) is 15.6. The molecule has 6 heteroatoms. The van der Waals surface area contributed by atoms with E-state index in [1.165, 1.54) is 5.56 Å². The Kier molecular flexibility index (Phi) is 5.81. The number of nitrogens with zero attached hydrogens (tertiary/aromatic N) is 2. The first-order valence-corrected chi connectivity index (χ1v) is 9.43. The van der Waals surface area contributed by atoms with Crippen LogP contribution in [0.5, 0.6) is 0 Å². The maximum atomic E-state index is 12.9. The van der Waals surface area contributed by atoms with Gasteiger partial charge in [0.05, 0.1) is 0 Å². The summed E-state index contributed by atoms with van der Waals surface area (Å²) >= 11 is 0. The van der Waals surface area contributed by atoms with Crippen LogP contribution in [0.25, 0.3) is 0 Å². The minimum absolute atomic E-state index is 0.0913. The minimum atomic E-state index is -0.886. The zero-order valence-electron chi connectivity index (χ0n) is 15.6. The molecule has 3 unspecified atom stereocenters. The van der Waals surface area contributed by atoms with Gasteiger partial charge in [0.15, 0.2) is 6.10 Å². The van der Waals surface area contributed by atoms with Crippen molar-refractivity contribution in [2.45, 2.75) is 32.9 Å². The number of carbonyl (C=O) groups excluding carboxylic acids is 2. The number of likely N-dealkylation sites (tertiary alicyclic amines) is 2. The molecule has 1 aromatic carbocycles. The van der Waals surface area contributed by atoms with Crippen molar-refractivity contribution in [3.63, 3.8) is 0 Å². The molecule has 142 valence electrons. The molecule has 3 atom stereocenters. The lowest BCUT2D eigenvalue weighted by Gasteiger charge is -2.46. The Bertz CT molecular complexity index is 620. The second-order valence-corrected chi connectivity index (χ2v) is 7.99. The smallest absolute Gasteiger partial charge is 0.405 e. The third-order valence-corrected chi connectivity index (χ3v) is 5.31. The summed E-state index contributed by atoms with van der Waals surface area (Å²) in [4.78, 5) is 28.4. The fourth-order valence-electron chi connectivity index (χ4n) is 4.32. The van der Waals surface area contributed by atoms with E-state index in [4.69, 9.17) is 10.5 Å². The van der Waals surface area contributed by atoms with Crippen molar-refractivity contribution in [3.05, 3.63) is 35.9 Å². The van der Waals surface area contributed by atoms with E-state index in [-0.39, 0.29) is 11.8 Å². The molecule has 26 heavy (non-hydrogen) atoms. The predicted molar refractivity (Wildman–Crippen MR) is 99.2 cm³/mol. The number of rotatable bonds is 5. The number of piperidine rings is 2. The van der Waals surface area contributed by atoms with Crippen molar-refractivity contribution in [2.75, 3.05) is 26.2 Å². The lowest BCUT2D eigenvalue weighted by atomic mass is 9.84. The van der Waals surface area contributed by atoms with Gasteiger partial charge in [0.25, 0.3) is 5.91 Å². The molecule has 2 amide bonds. The highest BCUT2D eigenvalue weighted by atomic mass is 16.6. The van der Waals surface area contributed by atoms with E-state index in [0.717, 1.165) is 39.1 Å². The third-order valence-electron chi connectivity index (χ3n) is 5.31. The van der Waals surface area contributed by atoms with Crippen LogP contribution in [0.2, 0.25) is 0 Å². The van der Waals surface area contributed by atoms with E-state index >= 15 is 0 Å². The van der Waals surface area contributed by atoms with Gasteiger partial charge in [0, 0.05) is 32.7 Å². The maximum absolute atomic E-state index is 12.9. The van der Waals surface area contributed by atoms with Crippen molar-refractivity contribution >= 4 is 12.0 Å². The van der Waals surface area contributed by atoms with Gasteiger partial charge in [0.2, 0.25) is 0 Å². The Labute approximate surface area is 155 Å². The normalized spacial score (nSPS) is 24.3. The lowest BCUT2D eigenvalue weighted by Crippen LogP contribution is -2.56. The van der Waals surface area contributed by atoms with Gasteiger partial charge in [-0.2, -0.15) is 0 Å². The van der Waals surface area contributed by atoms with Crippen LogP contribution in [-0.4, -0.2) is 54.1 Å². The summed E-state index contributed by atoms with van der Waals surface area (Å²) in [5, 5.41) is 0. The third kappa shape index (κ3) is 4.55. The van der Waals surface area contributed by atoms with E-state index < -0.39 is 12.2 Å². The summed E-state index contributed by atoms with van der Waals surface area (Å²) in [5.74, 6) is 0.740. The average Bonchev–Trinajstić information content (AvgIpc) is 2.58. The summed E-state index contributed by atoms with van der Waals surface area (Å²) in [7, 11) is 0. The number of carbonyl (C=O) groups is 2. The van der Waals surface area contributed by atoms with Crippen molar-refractivity contribution in [2.24, 2.45) is 23.5 Å². The van der Waals surface area contributed by atoms with Crippen LogP contribution in [-0.2, 0) is 16.1 Å². The van der Waals surface area contributed by atoms with Gasteiger partial charge in [-0.15, -0.1) is 0 Å². The highest BCUT2D eigenvalue weighted by Gasteiger charge is 2.39. The van der Waals surface area contributed by atoms with Crippen LogP contribution in [0.15, 0.2) is 30.3 Å². The summed E-state index contributed by atoms with van der Waals surface area (Å²) in [6.45, 7) is 8.16. The molecule has 0 spiro atoms. The van der Waals surface area contributed by atoms with Crippen molar-refractivity contribution in [1.29, 1.82) is 0 Å². The zero-order chi connectivity index (χ0) is 18.7. The Balaban J connectivity index is 1.61. The number of ether oxygens (including phenoxy) is 1. The first kappa shape index (κ1) is 18.7. The van der Waals surface area contributed by atoms with Gasteiger partial charge in [-0.05, 0) is 29.7 Å². The van der Waals surface area contributed by atoms with Gasteiger partial charge in [-0.3, -0.25) is 9.69 Å². The standard InChI is InChI=1S/C20H29N3O3/c1-14(2)18(26-20(21)25)19(24)23-12-16-8-17(13-23)11-22(10-16)9-15-6-4-3-5-7-15/h3-7,14,16-18H,8-13H2,1-2H3,(H2,21,25). The number of benzene rings is 1. The molecule has 2 fully saturated rings. The Hall–Kier alpha value is -2.08. The second kappa shape index (κ2) is 8.08. The minimum Gasteiger partial charge on any atom is -0.436 e. The van der Waals surface area contributed by atoms with Gasteiger partial charge >= 0.3 is 6.09 Å². The molecule has 0 aromatic heterocycles. The molecule has 1 aromatic rings. The van der Waals surface area contributed by atoms with Crippen molar-refractivity contribution in [3.8, 4) is 0 Å². The van der Waals surface area contributed by atoms with E-state index in [2.05, 4.69) is 29.2 Å². The maximum Gasteiger partial charge on any atom is 0.405 e. The van der Waals surface area contributed by atoms with Crippen LogP contribution in [0.3, 0.4) is 0 Å². The molecule has 2 heterocycles. The van der Waals surface area contributed by atoms with Crippen molar-refractivity contribution in [1.82, 2.24) is 9.80 Å². The van der Waals surface area contributed by atoms with Gasteiger partial charge < -0.3 is 15.4 Å². The van der Waals surface area contributed by atoms with Gasteiger partial charge in [0.1, 0.15) is 0 Å². The van der Waals surface area contributed by atoms with Crippen LogP contribution in [0.4, 0.5) is 4.79 Å². The van der Waals surface area contributed by atoms with Crippen LogP contribution < -0.4 is 5.73 Å². The first-order valence-electron chi connectivity index (χ1n) is 9.43. The number of primary amides is 1. The largest absolute Gasteiger partial charge is 0.436 e. The number of hydrogen-bond donors (Lipinski definition) is 1. The molecular weight excluding hydrogens is 330 g/mol. The molecule has 2 saturated heterocycles. The Morgan fingerprint density at radius 1 is 1.12 bits per heavy atom. The topological polar surface area (TPSA) is 75.9 Å². The molecule has 6 nitrogen and oxygen atoms in total. The van der Waals surface area contributed by atoms with Gasteiger partial charge in [-0.1, -0.05) is 44.2 Å². The fourth-order valence-corrected chi connectivity index (χ4v) is 4.32. The average molecular weight is 359 g/mol. The van der Waals surface area contributed by atoms with E-state index in [9.17, 15) is 9.59 Å². The predicted octanol–water partition coefficient (Wildman–Crippen LogP) is 2.09. The summed E-state index contributed by atoms with van der Waals surface area (Å²) < 4.78 is 5.09. The monoisotopic (exact) mass is 359 g/mol. The van der Waals surface area contributed by atoms with Gasteiger partial charge in [-0.25, -0.2) is 4.79 Å². The number of amides is 2. The second-order valence-electron chi connectivity index (χ2n) is 7.99. The molecule has 2 N–H and O–H groups in total. The molecule has 0 aliphatic carbocycles. The van der Waals surface area contributed by atoms with E-state index in [0.29, 0.717) is 11.8 Å². The van der Waals surface area contributed by atoms with Crippen LogP contribution >= 0.6 is 0 Å². The molecule has 2 aliphatic rings. The summed E-state index contributed by atoms with van der Waals surface area (Å²) in [6.07, 6.45) is -0.506. The summed E-state index contributed by atoms with van der Waals surface area (Å²) in [5.41, 5.74) is 6.47. The molecule has 2 aliphatic heterocycles. The summed E-state index contributed by atoms with van der Waals surface area (Å²) in [6, 6.07) is 10.5. The van der Waals surface area contributed by atoms with Crippen LogP contribution in [0, 0.1) is 17.8 Å². The quantitative estimate of drug-likeness (QED) is 0.873. The van der Waals surface area contributed by atoms with Crippen molar-refractivity contribution < 1.29 is 14.3 Å². The molecular formula is C20H29N3O3. The fraction of sp³-hybridized carbons (Fsp3) is 0.600. The number of hydrogen-bond acceptors (Lipinski definition) is 4. The molecule has 0 saturated carbocycles. The SMILES string of the molecule is CC(C)C(OC(N)=O)C(=O)N1CC2CC(CN(Cc3ccccc3)C2)C1. The van der Waals surface area contributed by atoms with Crippen LogP contribution in [0.1, 0.15) is 25.8 Å². The molecule has 2 bridgehead atoms. The highest BCUT2D eigenvalue weighted by molar-refractivity contribution is 5.83. The van der Waals surface area contributed by atoms with E-state index in [1.54, 1.807) is 0 Å². The Morgan fingerprint density at radius 3 is 2.27 bits per heavy atom. The van der Waals surface area contributed by atoms with E-state index in [1.807, 2.05) is 24.8 Å². The highest BCUT2D eigenvalue weighted by Crippen LogP contribution is 2.30. The lowest BCUT2D eigenvalue weighted by molar-refractivity contribution is -0.147. The molecule has 0 radical (unpaired) electrons.